The van der Waals surface area contributed by atoms with Crippen LogP contribution in [0.1, 0.15) is 52.1 Å². The summed E-state index contributed by atoms with van der Waals surface area (Å²) in [6.07, 6.45) is 6.01. The molecule has 0 radical (unpaired) electrons. The minimum absolute atomic E-state index is 0.178. The number of hydrogen-bond acceptors (Lipinski definition) is 7. The number of aryl methyl sites for hydroxylation is 1. The Morgan fingerprint density at radius 1 is 1.23 bits per heavy atom. The summed E-state index contributed by atoms with van der Waals surface area (Å²) in [6.45, 7) is 2.40. The first-order chi connectivity index (χ1) is 18.8. The van der Waals surface area contributed by atoms with E-state index in [9.17, 15) is 13.6 Å². The number of rotatable bonds is 6. The Hall–Kier alpha value is -4.74. The molecule has 4 heterocycles. The normalized spacial score (nSPS) is 15.0. The Kier molecular flexibility index (Phi) is 6.01. The molecule has 1 aliphatic rings. The largest absolute Gasteiger partial charge is 0.382 e. The molecule has 4 aromatic heterocycles. The van der Waals surface area contributed by atoms with Crippen molar-refractivity contribution in [3.05, 3.63) is 77.3 Å². The van der Waals surface area contributed by atoms with E-state index < -0.39 is 5.92 Å². The highest BCUT2D eigenvalue weighted by Gasteiger charge is 2.31. The second-order valence-corrected chi connectivity index (χ2v) is 9.70. The van der Waals surface area contributed by atoms with Gasteiger partial charge in [-0.1, -0.05) is 6.08 Å². The number of nitrogen functional groups attached to an aromatic ring is 1. The smallest absolute Gasteiger partial charge is 0.253 e. The molecule has 5 aromatic rings. The molecular formula is C27H25F2N9O. The lowest BCUT2D eigenvalue weighted by atomic mass is 9.90. The summed E-state index contributed by atoms with van der Waals surface area (Å²) in [5.41, 5.74) is 12.4. The Morgan fingerprint density at radius 3 is 2.90 bits per heavy atom. The standard InChI is InChI=1S/C27H25F2N9O/c1-15-21(4-7-35-37-15)26(39)31-11-20-10-18-8-17(16-2-5-27(28,29)6-3-16)9-19(22(18)36-20)12-38-14-34-23-24(30)32-13-33-25(23)38/h2,4,7-10,13-14,36H,3,5-6,11-12H2,1H3,(H,31,39)(H2,30,32,33). The van der Waals surface area contributed by atoms with E-state index in [1.807, 2.05) is 22.8 Å². The van der Waals surface area contributed by atoms with E-state index in [4.69, 9.17) is 5.73 Å². The lowest BCUT2D eigenvalue weighted by Gasteiger charge is -2.22. The predicted octanol–water partition coefficient (Wildman–Crippen LogP) is 4.17. The van der Waals surface area contributed by atoms with Gasteiger partial charge in [0.1, 0.15) is 11.8 Å². The summed E-state index contributed by atoms with van der Waals surface area (Å²) in [5, 5.41) is 11.5. The Balaban J connectivity index is 1.36. The van der Waals surface area contributed by atoms with Crippen molar-refractivity contribution < 1.29 is 13.6 Å². The van der Waals surface area contributed by atoms with Crippen molar-refractivity contribution in [3.63, 3.8) is 0 Å². The van der Waals surface area contributed by atoms with Crippen LogP contribution in [0.5, 0.6) is 0 Å². The fourth-order valence-electron chi connectivity index (χ4n) is 4.95. The monoisotopic (exact) mass is 529 g/mol. The summed E-state index contributed by atoms with van der Waals surface area (Å²) in [5.74, 6) is -2.63. The molecule has 4 N–H and O–H groups in total. The van der Waals surface area contributed by atoms with E-state index in [-0.39, 0.29) is 25.3 Å². The number of fused-ring (bicyclic) bond motifs is 2. The minimum Gasteiger partial charge on any atom is -0.382 e. The second-order valence-electron chi connectivity index (χ2n) is 9.70. The number of aromatic nitrogens is 7. The number of nitrogens with one attached hydrogen (secondary N) is 2. The fraction of sp³-hybridized carbons (Fsp3) is 0.259. The van der Waals surface area contributed by atoms with E-state index >= 15 is 0 Å². The number of anilines is 1. The van der Waals surface area contributed by atoms with Crippen LogP contribution >= 0.6 is 0 Å². The summed E-state index contributed by atoms with van der Waals surface area (Å²) in [4.78, 5) is 28.8. The average Bonchev–Trinajstić information content (AvgIpc) is 3.52. The van der Waals surface area contributed by atoms with Gasteiger partial charge in [-0.2, -0.15) is 10.2 Å². The van der Waals surface area contributed by atoms with Crippen LogP contribution in [0.2, 0.25) is 0 Å². The third-order valence-corrected chi connectivity index (χ3v) is 7.00. The number of carbonyl (C=O) groups excluding carboxylic acids is 1. The highest BCUT2D eigenvalue weighted by atomic mass is 19.3. The van der Waals surface area contributed by atoms with Crippen molar-refractivity contribution in [2.75, 3.05) is 5.73 Å². The molecule has 0 fully saturated rings. The van der Waals surface area contributed by atoms with Gasteiger partial charge in [-0.15, -0.1) is 0 Å². The van der Waals surface area contributed by atoms with Gasteiger partial charge in [0.15, 0.2) is 11.5 Å². The van der Waals surface area contributed by atoms with E-state index in [1.165, 1.54) is 12.5 Å². The van der Waals surface area contributed by atoms with Crippen LogP contribution in [0.3, 0.4) is 0 Å². The number of allylic oxidation sites excluding steroid dienone is 2. The zero-order valence-corrected chi connectivity index (χ0v) is 21.1. The van der Waals surface area contributed by atoms with Crippen LogP contribution in [-0.4, -0.2) is 46.5 Å². The third kappa shape index (κ3) is 4.80. The number of aromatic amines is 1. The number of halogens is 2. The zero-order chi connectivity index (χ0) is 27.1. The van der Waals surface area contributed by atoms with Crippen molar-refractivity contribution >= 4 is 39.4 Å². The SMILES string of the molecule is Cc1nnccc1C(=O)NCc1cc2cc(C3=CCC(F)(F)CC3)cc(Cn3cnc4c(N)ncnc43)c2[nH]1. The first kappa shape index (κ1) is 24.6. The number of nitrogens with zero attached hydrogens (tertiary/aromatic N) is 6. The van der Waals surface area contributed by atoms with Crippen molar-refractivity contribution in [1.29, 1.82) is 0 Å². The molecule has 0 atom stereocenters. The molecule has 0 bridgehead atoms. The number of benzene rings is 1. The van der Waals surface area contributed by atoms with Crippen LogP contribution in [0.4, 0.5) is 14.6 Å². The highest BCUT2D eigenvalue weighted by molar-refractivity contribution is 5.95. The minimum atomic E-state index is -2.67. The molecule has 39 heavy (non-hydrogen) atoms. The molecule has 1 aliphatic carbocycles. The molecule has 0 saturated heterocycles. The Morgan fingerprint density at radius 2 is 2.10 bits per heavy atom. The van der Waals surface area contributed by atoms with Crippen LogP contribution in [-0.2, 0) is 13.1 Å². The molecule has 0 spiro atoms. The molecule has 6 rings (SSSR count). The number of alkyl halides is 2. The van der Waals surface area contributed by atoms with Crippen LogP contribution in [0.25, 0.3) is 27.6 Å². The maximum Gasteiger partial charge on any atom is 0.253 e. The molecule has 12 heteroatoms. The molecule has 10 nitrogen and oxygen atoms in total. The van der Waals surface area contributed by atoms with Gasteiger partial charge in [0.2, 0.25) is 0 Å². The summed E-state index contributed by atoms with van der Waals surface area (Å²) in [7, 11) is 0. The number of nitrogens with two attached hydrogens (primary N) is 1. The van der Waals surface area contributed by atoms with E-state index in [0.29, 0.717) is 41.2 Å². The van der Waals surface area contributed by atoms with Crippen LogP contribution in [0, 0.1) is 6.92 Å². The van der Waals surface area contributed by atoms with E-state index in [0.717, 1.165) is 33.3 Å². The first-order valence-corrected chi connectivity index (χ1v) is 12.5. The topological polar surface area (TPSA) is 140 Å². The zero-order valence-electron chi connectivity index (χ0n) is 21.1. The highest BCUT2D eigenvalue weighted by Crippen LogP contribution is 2.38. The molecule has 1 amide bonds. The van der Waals surface area contributed by atoms with Gasteiger partial charge in [-0.3, -0.25) is 4.79 Å². The maximum absolute atomic E-state index is 13.8. The number of imidazole rings is 1. The van der Waals surface area contributed by atoms with E-state index in [1.54, 1.807) is 25.4 Å². The molecule has 1 aromatic carbocycles. The van der Waals surface area contributed by atoms with Gasteiger partial charge < -0.3 is 20.6 Å². The molecule has 0 aliphatic heterocycles. The lowest BCUT2D eigenvalue weighted by Crippen LogP contribution is -2.24. The van der Waals surface area contributed by atoms with Crippen LogP contribution < -0.4 is 11.1 Å². The number of carbonyl (C=O) groups is 1. The number of amides is 1. The summed E-state index contributed by atoms with van der Waals surface area (Å²) < 4.78 is 29.5. The number of H-pyrrole nitrogens is 1. The van der Waals surface area contributed by atoms with E-state index in [2.05, 4.69) is 35.5 Å². The van der Waals surface area contributed by atoms with Crippen molar-refractivity contribution in [2.24, 2.45) is 0 Å². The molecule has 0 unspecified atom stereocenters. The lowest BCUT2D eigenvalue weighted by molar-refractivity contribution is -0.00603. The molecular weight excluding hydrogens is 504 g/mol. The van der Waals surface area contributed by atoms with Gasteiger partial charge in [0.25, 0.3) is 11.8 Å². The van der Waals surface area contributed by atoms with Crippen molar-refractivity contribution in [1.82, 2.24) is 40.0 Å². The van der Waals surface area contributed by atoms with Gasteiger partial charge in [0, 0.05) is 23.9 Å². The van der Waals surface area contributed by atoms with Gasteiger partial charge in [-0.05, 0) is 54.3 Å². The quantitative estimate of drug-likeness (QED) is 0.300. The van der Waals surface area contributed by atoms with Crippen molar-refractivity contribution in [3.8, 4) is 0 Å². The Bertz CT molecular complexity index is 1760. The molecule has 0 saturated carbocycles. The van der Waals surface area contributed by atoms with Gasteiger partial charge in [-0.25, -0.2) is 23.7 Å². The second kappa shape index (κ2) is 9.53. The third-order valence-electron chi connectivity index (χ3n) is 7.00. The average molecular weight is 530 g/mol. The Labute approximate surface area is 221 Å². The summed E-state index contributed by atoms with van der Waals surface area (Å²) in [6, 6.07) is 7.60. The fourth-order valence-corrected chi connectivity index (χ4v) is 4.95. The van der Waals surface area contributed by atoms with Gasteiger partial charge in [0.05, 0.1) is 42.4 Å². The van der Waals surface area contributed by atoms with Crippen molar-refractivity contribution in [2.45, 2.75) is 45.2 Å². The molecule has 198 valence electrons. The van der Waals surface area contributed by atoms with Crippen LogP contribution in [0.15, 0.2) is 49.2 Å². The maximum atomic E-state index is 13.8. The first-order valence-electron chi connectivity index (χ1n) is 12.5. The predicted molar refractivity (Wildman–Crippen MR) is 142 cm³/mol. The van der Waals surface area contributed by atoms with Gasteiger partial charge >= 0.3 is 0 Å². The number of hydrogen-bond donors (Lipinski definition) is 3. The summed E-state index contributed by atoms with van der Waals surface area (Å²) >= 11 is 0.